The summed E-state index contributed by atoms with van der Waals surface area (Å²) in [6.45, 7) is 1.73. The zero-order valence-corrected chi connectivity index (χ0v) is 20.8. The molecule has 1 amide bonds. The maximum atomic E-state index is 13.8. The first-order chi connectivity index (χ1) is 17.6. The molecule has 4 aromatic rings. The van der Waals surface area contributed by atoms with Gasteiger partial charge in [-0.15, -0.1) is 0 Å². The fourth-order valence-electron chi connectivity index (χ4n) is 4.27. The molecule has 5 rings (SSSR count). The minimum absolute atomic E-state index is 0.00605. The molecule has 1 fully saturated rings. The molecule has 1 aliphatic rings. The number of Topliss-reactive ketones (excluding diaryl/α,β-unsaturated/α-hetero) is 1. The number of aromatic hydroxyl groups is 1. The number of fused-ring (bicyclic) bond motifs is 1. The first kappa shape index (κ1) is 24.7. The molecular weight excluding hydrogens is 526 g/mol. The predicted molar refractivity (Wildman–Crippen MR) is 135 cm³/mol. The summed E-state index contributed by atoms with van der Waals surface area (Å²) >= 11 is 7.18. The maximum absolute atomic E-state index is 13.8. The second-order valence-corrected chi connectivity index (χ2v) is 9.73. The number of aliphatic hydroxyl groups excluding tert-OH is 1. The van der Waals surface area contributed by atoms with E-state index in [9.17, 15) is 28.6 Å². The predicted octanol–water partition coefficient (Wildman–Crippen LogP) is 5.88. The van der Waals surface area contributed by atoms with Crippen LogP contribution >= 0.6 is 22.9 Å². The zero-order valence-electron chi connectivity index (χ0n) is 19.3. The number of nitrogens with zero attached hydrogens (tertiary/aromatic N) is 2. The van der Waals surface area contributed by atoms with Crippen LogP contribution in [0.5, 0.6) is 11.5 Å². The average molecular weight is 543 g/mol. The third-order valence-corrected chi connectivity index (χ3v) is 7.22. The first-order valence-electron chi connectivity index (χ1n) is 10.8. The van der Waals surface area contributed by atoms with Gasteiger partial charge >= 0.3 is 5.91 Å². The van der Waals surface area contributed by atoms with Gasteiger partial charge in [-0.25, -0.2) is 13.8 Å². The molecule has 7 nitrogen and oxygen atoms in total. The quantitative estimate of drug-likeness (QED) is 0.190. The van der Waals surface area contributed by atoms with Crippen molar-refractivity contribution in [3.8, 4) is 11.5 Å². The minimum atomic E-state index is -1.18. The molecule has 0 aliphatic carbocycles. The van der Waals surface area contributed by atoms with E-state index in [4.69, 9.17) is 16.3 Å². The lowest BCUT2D eigenvalue weighted by molar-refractivity contribution is -0.132. The van der Waals surface area contributed by atoms with Crippen LogP contribution < -0.4 is 9.64 Å². The summed E-state index contributed by atoms with van der Waals surface area (Å²) in [5.41, 5.74) is 0.957. The van der Waals surface area contributed by atoms with Gasteiger partial charge in [0, 0.05) is 6.07 Å². The number of ether oxygens (including phenoxy) is 1. The van der Waals surface area contributed by atoms with Crippen molar-refractivity contribution in [3.05, 3.63) is 87.5 Å². The molecule has 0 bridgehead atoms. The lowest BCUT2D eigenvalue weighted by atomic mass is 9.94. The van der Waals surface area contributed by atoms with E-state index in [1.165, 1.54) is 31.4 Å². The standard InChI is InChI=1S/C26H17ClF2N2O5S/c1-11-7-14(24(36-2)15(27)8-11)22(33)20-21(12-3-5-13(32)6-4-12)31(25(35)23(20)34)26-30-18-9-16(28)17(29)10-19(18)37-26/h3-10,21,32-33H,1-2H3/b22-20+. The van der Waals surface area contributed by atoms with E-state index in [0.29, 0.717) is 11.1 Å². The average Bonchev–Trinajstić information content (AvgIpc) is 3.36. The fourth-order valence-corrected chi connectivity index (χ4v) is 5.62. The number of aromatic nitrogens is 1. The van der Waals surface area contributed by atoms with Crippen LogP contribution in [-0.4, -0.2) is 34.0 Å². The van der Waals surface area contributed by atoms with Crippen molar-refractivity contribution < 1.29 is 33.3 Å². The van der Waals surface area contributed by atoms with Crippen molar-refractivity contribution >= 4 is 55.7 Å². The smallest absolute Gasteiger partial charge is 0.301 e. The number of halogens is 3. The number of thiazole rings is 1. The number of hydrogen-bond acceptors (Lipinski definition) is 7. The second-order valence-electron chi connectivity index (χ2n) is 8.32. The van der Waals surface area contributed by atoms with Gasteiger partial charge in [-0.05, 0) is 48.4 Å². The Labute approximate surface area is 217 Å². The highest BCUT2D eigenvalue weighted by molar-refractivity contribution is 7.22. The number of ketones is 1. The van der Waals surface area contributed by atoms with Gasteiger partial charge in [0.05, 0.1) is 39.5 Å². The number of aliphatic hydroxyl groups is 1. The topological polar surface area (TPSA) is 100.0 Å². The first-order valence-corrected chi connectivity index (χ1v) is 12.0. The van der Waals surface area contributed by atoms with Gasteiger partial charge in [-0.2, -0.15) is 0 Å². The van der Waals surface area contributed by atoms with Gasteiger partial charge in [0.2, 0.25) is 0 Å². The minimum Gasteiger partial charge on any atom is -0.508 e. The number of benzene rings is 3. The Balaban J connectivity index is 1.77. The summed E-state index contributed by atoms with van der Waals surface area (Å²) in [6.07, 6.45) is 0. The Morgan fingerprint density at radius 3 is 2.46 bits per heavy atom. The monoisotopic (exact) mass is 542 g/mol. The van der Waals surface area contributed by atoms with Crippen molar-refractivity contribution in [3.63, 3.8) is 0 Å². The molecule has 188 valence electrons. The molecule has 1 unspecified atom stereocenters. The number of carbonyl (C=O) groups excluding carboxylic acids is 2. The van der Waals surface area contributed by atoms with Gasteiger partial charge in [-0.1, -0.05) is 35.1 Å². The normalized spacial score (nSPS) is 17.1. The molecule has 11 heteroatoms. The van der Waals surface area contributed by atoms with Crippen LogP contribution in [0.25, 0.3) is 16.0 Å². The number of carbonyl (C=O) groups is 2. The molecule has 37 heavy (non-hydrogen) atoms. The summed E-state index contributed by atoms with van der Waals surface area (Å²) in [4.78, 5) is 32.0. The molecule has 1 saturated heterocycles. The molecule has 1 aromatic heterocycles. The van der Waals surface area contributed by atoms with E-state index < -0.39 is 35.1 Å². The van der Waals surface area contributed by atoms with Crippen LogP contribution in [0.15, 0.2) is 54.1 Å². The van der Waals surface area contributed by atoms with E-state index >= 15 is 0 Å². The van der Waals surface area contributed by atoms with Gasteiger partial charge in [0.25, 0.3) is 5.78 Å². The van der Waals surface area contributed by atoms with E-state index in [2.05, 4.69) is 4.98 Å². The third kappa shape index (κ3) is 4.08. The van der Waals surface area contributed by atoms with Gasteiger partial charge in [-0.3, -0.25) is 14.5 Å². The number of aryl methyl sites for hydroxylation is 1. The van der Waals surface area contributed by atoms with Crippen LogP contribution in [0.2, 0.25) is 5.02 Å². The SMILES string of the molecule is COc1c(Cl)cc(C)cc1/C(O)=C1\C(=O)C(=O)N(c2nc3cc(F)c(F)cc3s2)C1c1ccc(O)cc1. The highest BCUT2D eigenvalue weighted by Gasteiger charge is 2.48. The highest BCUT2D eigenvalue weighted by atomic mass is 35.5. The Morgan fingerprint density at radius 2 is 1.78 bits per heavy atom. The maximum Gasteiger partial charge on any atom is 0.301 e. The van der Waals surface area contributed by atoms with Crippen LogP contribution in [0, 0.1) is 18.6 Å². The number of phenols is 1. The van der Waals surface area contributed by atoms with Crippen LogP contribution in [-0.2, 0) is 9.59 Å². The number of phenolic OH excluding ortho intramolecular Hbond substituents is 1. The molecule has 3 aromatic carbocycles. The molecule has 0 spiro atoms. The number of anilines is 1. The fraction of sp³-hybridized carbons (Fsp3) is 0.115. The summed E-state index contributed by atoms with van der Waals surface area (Å²) in [6, 6.07) is 9.55. The van der Waals surface area contributed by atoms with Crippen molar-refractivity contribution in [1.29, 1.82) is 0 Å². The number of methoxy groups -OCH3 is 1. The van der Waals surface area contributed by atoms with Gasteiger partial charge in [0.1, 0.15) is 17.3 Å². The summed E-state index contributed by atoms with van der Waals surface area (Å²) in [5, 5.41) is 21.4. The van der Waals surface area contributed by atoms with Crippen molar-refractivity contribution in [1.82, 2.24) is 4.98 Å². The zero-order chi connectivity index (χ0) is 26.6. The van der Waals surface area contributed by atoms with E-state index in [1.54, 1.807) is 19.1 Å². The molecule has 1 atom stereocenters. The number of rotatable bonds is 4. The highest BCUT2D eigenvalue weighted by Crippen LogP contribution is 2.46. The van der Waals surface area contributed by atoms with Gasteiger partial charge in [0.15, 0.2) is 16.8 Å². The second kappa shape index (κ2) is 9.13. The molecule has 1 aliphatic heterocycles. The summed E-state index contributed by atoms with van der Waals surface area (Å²) < 4.78 is 33.3. The summed E-state index contributed by atoms with van der Waals surface area (Å²) in [7, 11) is 1.35. The molecule has 2 heterocycles. The van der Waals surface area contributed by atoms with E-state index in [1.807, 2.05) is 0 Å². The lowest BCUT2D eigenvalue weighted by Crippen LogP contribution is -2.29. The molecule has 0 radical (unpaired) electrons. The van der Waals surface area contributed by atoms with Crippen molar-refractivity contribution in [2.45, 2.75) is 13.0 Å². The van der Waals surface area contributed by atoms with Crippen molar-refractivity contribution in [2.24, 2.45) is 0 Å². The molecule has 2 N–H and O–H groups in total. The van der Waals surface area contributed by atoms with Gasteiger partial charge < -0.3 is 14.9 Å². The van der Waals surface area contributed by atoms with Crippen LogP contribution in [0.4, 0.5) is 13.9 Å². The van der Waals surface area contributed by atoms with Crippen molar-refractivity contribution in [2.75, 3.05) is 12.0 Å². The Bertz CT molecular complexity index is 1600. The Morgan fingerprint density at radius 1 is 1.11 bits per heavy atom. The number of amides is 1. The number of hydrogen-bond donors (Lipinski definition) is 2. The molecule has 0 saturated carbocycles. The lowest BCUT2D eigenvalue weighted by Gasteiger charge is -2.23. The van der Waals surface area contributed by atoms with E-state index in [-0.39, 0.29) is 43.0 Å². The summed E-state index contributed by atoms with van der Waals surface area (Å²) in [5.74, 6) is -4.68. The Kier molecular flexibility index (Phi) is 6.09. The largest absolute Gasteiger partial charge is 0.508 e. The Hall–Kier alpha value is -4.02. The van der Waals surface area contributed by atoms with E-state index in [0.717, 1.165) is 28.4 Å². The molecular formula is C26H17ClF2N2O5S. The van der Waals surface area contributed by atoms with Crippen LogP contribution in [0.1, 0.15) is 22.7 Å². The van der Waals surface area contributed by atoms with Crippen LogP contribution in [0.3, 0.4) is 0 Å². The third-order valence-electron chi connectivity index (χ3n) is 5.93.